The van der Waals surface area contributed by atoms with Gasteiger partial charge in [-0.25, -0.2) is 19.9 Å². The Hall–Kier alpha value is -6.72. The van der Waals surface area contributed by atoms with E-state index in [-0.39, 0.29) is 0 Å². The summed E-state index contributed by atoms with van der Waals surface area (Å²) in [5.74, 6) is 2.24. The zero-order valence-electron chi connectivity index (χ0n) is 26.5. The Morgan fingerprint density at radius 3 is 1.33 bits per heavy atom. The Labute approximate surface area is 283 Å². The van der Waals surface area contributed by atoms with Gasteiger partial charge >= 0.3 is 0 Å². The van der Waals surface area contributed by atoms with E-state index >= 15 is 0 Å². The minimum absolute atomic E-state index is 0.698. The highest BCUT2D eigenvalue weighted by Crippen LogP contribution is 2.38. The quantitative estimate of drug-likeness (QED) is 0.184. The second-order valence-electron chi connectivity index (χ2n) is 11.9. The number of fused-ring (bicyclic) bond motifs is 3. The molecule has 0 aliphatic rings. The van der Waals surface area contributed by atoms with Gasteiger partial charge in [0.05, 0.1) is 17.1 Å². The molecule has 0 aliphatic carbocycles. The Kier molecular flexibility index (Phi) is 7.06. The average molecular weight is 628 g/mol. The number of benzene rings is 6. The first-order valence-corrected chi connectivity index (χ1v) is 16.3. The molecule has 9 aromatic rings. The van der Waals surface area contributed by atoms with E-state index in [2.05, 4.69) is 120 Å². The van der Waals surface area contributed by atoms with Crippen molar-refractivity contribution in [3.63, 3.8) is 0 Å². The van der Waals surface area contributed by atoms with Crippen LogP contribution in [0, 0.1) is 0 Å². The highest BCUT2D eigenvalue weighted by Gasteiger charge is 2.21. The van der Waals surface area contributed by atoms with Crippen molar-refractivity contribution in [1.82, 2.24) is 24.3 Å². The van der Waals surface area contributed by atoms with E-state index in [1.54, 1.807) is 0 Å². The highest BCUT2D eigenvalue weighted by atomic mass is 15.1. The van der Waals surface area contributed by atoms with Crippen molar-refractivity contribution in [1.29, 1.82) is 0 Å². The standard InChI is InChI=1S/C44H29N5/c1-5-15-30(16-6-1)38-29-39(46-41(45-38)33-17-7-2-8-18-33)31-25-27-32(28-26-31)40-36-23-13-14-24-37(36)44-48-42(34-19-9-3-10-20-34)47-43(49(40)44)35-21-11-4-12-22-35/h1-29H. The van der Waals surface area contributed by atoms with E-state index in [0.29, 0.717) is 11.6 Å². The third kappa shape index (κ3) is 5.24. The van der Waals surface area contributed by atoms with Crippen molar-refractivity contribution in [2.45, 2.75) is 0 Å². The van der Waals surface area contributed by atoms with Crippen LogP contribution in [0.2, 0.25) is 0 Å². The van der Waals surface area contributed by atoms with E-state index < -0.39 is 0 Å². The van der Waals surface area contributed by atoms with Gasteiger partial charge in [-0.15, -0.1) is 0 Å². The summed E-state index contributed by atoms with van der Waals surface area (Å²) in [6, 6.07) is 60.2. The van der Waals surface area contributed by atoms with E-state index in [1.807, 2.05) is 60.7 Å². The lowest BCUT2D eigenvalue weighted by atomic mass is 10.0. The van der Waals surface area contributed by atoms with Crippen LogP contribution < -0.4 is 0 Å². The summed E-state index contributed by atoms with van der Waals surface area (Å²) in [6.45, 7) is 0. The highest BCUT2D eigenvalue weighted by molar-refractivity contribution is 6.06. The molecule has 0 N–H and O–H groups in total. The molecule has 0 bridgehead atoms. The number of hydrogen-bond donors (Lipinski definition) is 0. The van der Waals surface area contributed by atoms with Crippen LogP contribution in [0.15, 0.2) is 176 Å². The van der Waals surface area contributed by atoms with Gasteiger partial charge in [0, 0.05) is 38.6 Å². The van der Waals surface area contributed by atoms with Crippen molar-refractivity contribution in [2.75, 3.05) is 0 Å². The van der Waals surface area contributed by atoms with Crippen LogP contribution in [-0.4, -0.2) is 24.3 Å². The molecule has 0 amide bonds. The van der Waals surface area contributed by atoms with Crippen LogP contribution in [0.1, 0.15) is 0 Å². The topological polar surface area (TPSA) is 56.0 Å². The Bertz CT molecular complexity index is 2500. The van der Waals surface area contributed by atoms with Gasteiger partial charge in [0.25, 0.3) is 0 Å². The molecule has 0 saturated carbocycles. The van der Waals surface area contributed by atoms with Crippen LogP contribution >= 0.6 is 0 Å². The molecule has 9 rings (SSSR count). The molecule has 0 radical (unpaired) electrons. The number of nitrogens with zero attached hydrogens (tertiary/aromatic N) is 5. The Morgan fingerprint density at radius 1 is 0.327 bits per heavy atom. The number of hydrogen-bond acceptors (Lipinski definition) is 4. The zero-order chi connectivity index (χ0) is 32.6. The largest absolute Gasteiger partial charge is 0.277 e. The van der Waals surface area contributed by atoms with Crippen LogP contribution in [0.3, 0.4) is 0 Å². The van der Waals surface area contributed by atoms with Crippen LogP contribution in [0.25, 0.3) is 84.4 Å². The van der Waals surface area contributed by atoms with Crippen molar-refractivity contribution >= 4 is 16.4 Å². The second-order valence-corrected chi connectivity index (χ2v) is 11.9. The first kappa shape index (κ1) is 28.5. The summed E-state index contributed by atoms with van der Waals surface area (Å²) in [5, 5.41) is 2.20. The molecule has 6 aromatic carbocycles. The van der Waals surface area contributed by atoms with E-state index in [9.17, 15) is 0 Å². The molecule has 5 nitrogen and oxygen atoms in total. The van der Waals surface area contributed by atoms with Crippen LogP contribution in [-0.2, 0) is 0 Å². The number of aromatic nitrogens is 5. The summed E-state index contributed by atoms with van der Waals surface area (Å²) in [5.41, 5.74) is 9.78. The van der Waals surface area contributed by atoms with Gasteiger partial charge in [-0.2, -0.15) is 0 Å². The summed E-state index contributed by atoms with van der Waals surface area (Å²) in [6.07, 6.45) is 0. The summed E-state index contributed by atoms with van der Waals surface area (Å²) < 4.78 is 2.22. The maximum atomic E-state index is 5.20. The maximum Gasteiger partial charge on any atom is 0.163 e. The van der Waals surface area contributed by atoms with Crippen molar-refractivity contribution in [2.24, 2.45) is 0 Å². The van der Waals surface area contributed by atoms with Crippen molar-refractivity contribution in [3.8, 4) is 67.9 Å². The molecule has 5 heteroatoms. The Morgan fingerprint density at radius 2 is 0.755 bits per heavy atom. The maximum absolute atomic E-state index is 5.20. The fourth-order valence-electron chi connectivity index (χ4n) is 6.47. The van der Waals surface area contributed by atoms with Crippen molar-refractivity contribution < 1.29 is 0 Å². The normalized spacial score (nSPS) is 11.3. The van der Waals surface area contributed by atoms with Gasteiger partial charge < -0.3 is 0 Å². The van der Waals surface area contributed by atoms with Crippen LogP contribution in [0.4, 0.5) is 0 Å². The lowest BCUT2D eigenvalue weighted by Gasteiger charge is -2.13. The van der Waals surface area contributed by atoms with E-state index in [0.717, 1.165) is 72.7 Å². The molecule has 0 fully saturated rings. The molecule has 0 atom stereocenters. The third-order valence-electron chi connectivity index (χ3n) is 8.84. The molecule has 3 aromatic heterocycles. The zero-order valence-corrected chi connectivity index (χ0v) is 26.5. The number of rotatable bonds is 6. The SMILES string of the molecule is c1ccc(-c2cc(-c3ccc(-c4c5ccccc5c5nc(-c6ccccc6)nc(-c6ccccc6)n45)cc3)nc(-c3ccccc3)n2)cc1. The lowest BCUT2D eigenvalue weighted by molar-refractivity contribution is 1.05. The molecule has 0 saturated heterocycles. The minimum Gasteiger partial charge on any atom is -0.277 e. The first-order chi connectivity index (χ1) is 24.3. The molecule has 0 unspecified atom stereocenters. The van der Waals surface area contributed by atoms with Crippen molar-refractivity contribution in [3.05, 3.63) is 176 Å². The third-order valence-corrected chi connectivity index (χ3v) is 8.84. The second kappa shape index (κ2) is 12.1. The lowest BCUT2D eigenvalue weighted by Crippen LogP contribution is -2.03. The molecule has 230 valence electrons. The van der Waals surface area contributed by atoms with E-state index in [1.165, 1.54) is 0 Å². The molecular formula is C44H29N5. The molecule has 0 aliphatic heterocycles. The predicted molar refractivity (Wildman–Crippen MR) is 199 cm³/mol. The van der Waals surface area contributed by atoms with Gasteiger partial charge in [0.15, 0.2) is 11.6 Å². The summed E-state index contributed by atoms with van der Waals surface area (Å²) >= 11 is 0. The van der Waals surface area contributed by atoms with Gasteiger partial charge in [0.2, 0.25) is 0 Å². The molecule has 3 heterocycles. The fourth-order valence-corrected chi connectivity index (χ4v) is 6.47. The van der Waals surface area contributed by atoms with Crippen LogP contribution in [0.5, 0.6) is 0 Å². The van der Waals surface area contributed by atoms with Gasteiger partial charge in [0.1, 0.15) is 11.5 Å². The fraction of sp³-hybridized carbons (Fsp3) is 0. The summed E-state index contributed by atoms with van der Waals surface area (Å²) in [4.78, 5) is 20.4. The van der Waals surface area contributed by atoms with Gasteiger partial charge in [-0.05, 0) is 11.6 Å². The molecule has 49 heavy (non-hydrogen) atoms. The van der Waals surface area contributed by atoms with Gasteiger partial charge in [-0.3, -0.25) is 4.40 Å². The van der Waals surface area contributed by atoms with Gasteiger partial charge in [-0.1, -0.05) is 170 Å². The predicted octanol–water partition coefficient (Wildman–Crippen LogP) is 10.7. The Balaban J connectivity index is 1.23. The first-order valence-electron chi connectivity index (χ1n) is 16.3. The average Bonchev–Trinajstić information content (AvgIpc) is 3.53. The minimum atomic E-state index is 0.698. The van der Waals surface area contributed by atoms with E-state index in [4.69, 9.17) is 19.9 Å². The molecular weight excluding hydrogens is 599 g/mol. The summed E-state index contributed by atoms with van der Waals surface area (Å²) in [7, 11) is 0. The molecule has 0 spiro atoms. The monoisotopic (exact) mass is 627 g/mol. The smallest absolute Gasteiger partial charge is 0.163 e.